The van der Waals surface area contributed by atoms with E-state index in [0.29, 0.717) is 6.10 Å². The molecule has 0 spiro atoms. The molecule has 0 aliphatic carbocycles. The van der Waals surface area contributed by atoms with Crippen LogP contribution < -0.4 is 0 Å². The molecule has 100 valence electrons. The van der Waals surface area contributed by atoms with Crippen molar-refractivity contribution < 1.29 is 4.74 Å². The maximum Gasteiger partial charge on any atom is 0.0702 e. The molecule has 0 radical (unpaired) electrons. The molecule has 0 N–H and O–H groups in total. The van der Waals surface area contributed by atoms with Crippen LogP contribution in [0, 0.1) is 0 Å². The Morgan fingerprint density at radius 1 is 1.12 bits per heavy atom. The normalized spacial score (nSPS) is 20.2. The lowest BCUT2D eigenvalue weighted by atomic mass is 10.1. The molecule has 0 aromatic rings. The third-order valence-electron chi connectivity index (χ3n) is 2.47. The molecular formula is C14H33NO. The van der Waals surface area contributed by atoms with Crippen LogP contribution >= 0.6 is 0 Å². The number of hydrogen-bond donors (Lipinski definition) is 0. The molecule has 16 heavy (non-hydrogen) atoms. The average Bonchev–Trinajstić information content (AvgIpc) is 2.35. The first-order valence-corrected chi connectivity index (χ1v) is 7.13. The first-order valence-electron chi connectivity index (χ1n) is 7.13. The van der Waals surface area contributed by atoms with Crippen LogP contribution in [0.15, 0.2) is 0 Å². The molecule has 0 aromatic heterocycles. The first kappa shape index (κ1) is 18.3. The fourth-order valence-electron chi connectivity index (χ4n) is 1.66. The summed E-state index contributed by atoms with van der Waals surface area (Å²) >= 11 is 0. The monoisotopic (exact) mass is 231 g/mol. The topological polar surface area (TPSA) is 12.5 Å². The lowest BCUT2D eigenvalue weighted by molar-refractivity contribution is -0.0242. The lowest BCUT2D eigenvalue weighted by Crippen LogP contribution is -2.39. The predicted octanol–water partition coefficient (Wildman–Crippen LogP) is 3.95. The lowest BCUT2D eigenvalue weighted by Gasteiger charge is -2.30. The Morgan fingerprint density at radius 2 is 1.75 bits per heavy atom. The summed E-state index contributed by atoms with van der Waals surface area (Å²) in [5.41, 5.74) is 0. The van der Waals surface area contributed by atoms with E-state index in [1.165, 1.54) is 25.7 Å². The minimum absolute atomic E-state index is 0.510. The molecular weight excluding hydrogens is 198 g/mol. The molecule has 0 aromatic carbocycles. The highest BCUT2D eigenvalue weighted by molar-refractivity contribution is 4.68. The summed E-state index contributed by atoms with van der Waals surface area (Å²) < 4.78 is 5.65. The summed E-state index contributed by atoms with van der Waals surface area (Å²) in [4.78, 5) is 2.36. The van der Waals surface area contributed by atoms with Crippen LogP contribution in [-0.2, 0) is 4.74 Å². The number of morpholine rings is 1. The molecule has 1 rings (SSSR count). The van der Waals surface area contributed by atoms with Gasteiger partial charge in [0.1, 0.15) is 0 Å². The minimum atomic E-state index is 0.510. The predicted molar refractivity (Wildman–Crippen MR) is 74.1 cm³/mol. The van der Waals surface area contributed by atoms with E-state index in [4.69, 9.17) is 4.74 Å². The molecule has 1 heterocycles. The highest BCUT2D eigenvalue weighted by Crippen LogP contribution is 2.11. The summed E-state index contributed by atoms with van der Waals surface area (Å²) in [5.74, 6) is 0. The molecule has 2 heteroatoms. The van der Waals surface area contributed by atoms with Gasteiger partial charge < -0.3 is 9.64 Å². The van der Waals surface area contributed by atoms with Crippen molar-refractivity contribution in [2.75, 3.05) is 26.7 Å². The van der Waals surface area contributed by atoms with Crippen LogP contribution in [0.4, 0.5) is 0 Å². The number of rotatable bonds is 4. The number of unbranched alkanes of at least 4 members (excludes halogenated alkanes) is 2. The van der Waals surface area contributed by atoms with Crippen LogP contribution in [0.3, 0.4) is 0 Å². The summed E-state index contributed by atoms with van der Waals surface area (Å²) in [5, 5.41) is 0. The fourth-order valence-corrected chi connectivity index (χ4v) is 1.66. The van der Waals surface area contributed by atoms with E-state index in [9.17, 15) is 0 Å². The van der Waals surface area contributed by atoms with Gasteiger partial charge in [-0.15, -0.1) is 0 Å². The molecule has 2 nitrogen and oxygen atoms in total. The number of ether oxygens (including phenoxy) is 1. The standard InChI is InChI=1S/C10H21NO.2C2H6/c1-3-4-5-6-10-9-11(2)7-8-12-10;2*1-2/h10H,3-9H2,1-2H3;2*1-2H3. The average molecular weight is 231 g/mol. The molecule has 1 aliphatic rings. The molecule has 0 saturated carbocycles. The van der Waals surface area contributed by atoms with Gasteiger partial charge in [0.05, 0.1) is 12.7 Å². The molecule has 0 amide bonds. The molecule has 1 atom stereocenters. The largest absolute Gasteiger partial charge is 0.376 e. The van der Waals surface area contributed by atoms with E-state index in [2.05, 4.69) is 18.9 Å². The van der Waals surface area contributed by atoms with E-state index in [1.807, 2.05) is 27.7 Å². The number of nitrogens with zero attached hydrogens (tertiary/aromatic N) is 1. The zero-order chi connectivity index (χ0) is 12.8. The van der Waals surface area contributed by atoms with Crippen molar-refractivity contribution in [2.45, 2.75) is 66.4 Å². The zero-order valence-electron chi connectivity index (χ0n) is 12.4. The van der Waals surface area contributed by atoms with Crippen LogP contribution in [-0.4, -0.2) is 37.7 Å². The third kappa shape index (κ3) is 10.4. The van der Waals surface area contributed by atoms with Crippen molar-refractivity contribution in [2.24, 2.45) is 0 Å². The molecule has 1 unspecified atom stereocenters. The van der Waals surface area contributed by atoms with E-state index in [1.54, 1.807) is 0 Å². The van der Waals surface area contributed by atoms with Gasteiger partial charge in [-0.25, -0.2) is 0 Å². The van der Waals surface area contributed by atoms with E-state index in [0.717, 1.165) is 19.7 Å². The van der Waals surface area contributed by atoms with Crippen LogP contribution in [0.1, 0.15) is 60.3 Å². The smallest absolute Gasteiger partial charge is 0.0702 e. The van der Waals surface area contributed by atoms with Crippen LogP contribution in [0.25, 0.3) is 0 Å². The van der Waals surface area contributed by atoms with Gasteiger partial charge in [0.25, 0.3) is 0 Å². The Hall–Kier alpha value is -0.0800. The molecule has 1 aliphatic heterocycles. The Labute approximate surface area is 103 Å². The third-order valence-corrected chi connectivity index (χ3v) is 2.47. The summed E-state index contributed by atoms with van der Waals surface area (Å²) in [6.07, 6.45) is 5.74. The second kappa shape index (κ2) is 14.9. The molecule has 1 saturated heterocycles. The van der Waals surface area contributed by atoms with Gasteiger partial charge in [-0.2, -0.15) is 0 Å². The maximum absolute atomic E-state index is 5.65. The first-order chi connectivity index (χ1) is 7.83. The second-order valence-corrected chi connectivity index (χ2v) is 3.75. The minimum Gasteiger partial charge on any atom is -0.376 e. The Balaban J connectivity index is 0. The van der Waals surface area contributed by atoms with Crippen molar-refractivity contribution in [3.05, 3.63) is 0 Å². The van der Waals surface area contributed by atoms with Crippen molar-refractivity contribution in [3.8, 4) is 0 Å². The highest BCUT2D eigenvalue weighted by Gasteiger charge is 2.16. The Morgan fingerprint density at radius 3 is 2.25 bits per heavy atom. The van der Waals surface area contributed by atoms with Gasteiger partial charge in [0, 0.05) is 13.1 Å². The van der Waals surface area contributed by atoms with Crippen molar-refractivity contribution >= 4 is 0 Å². The van der Waals surface area contributed by atoms with Crippen LogP contribution in [0.2, 0.25) is 0 Å². The highest BCUT2D eigenvalue weighted by atomic mass is 16.5. The van der Waals surface area contributed by atoms with Gasteiger partial charge in [-0.3, -0.25) is 0 Å². The van der Waals surface area contributed by atoms with Gasteiger partial charge >= 0.3 is 0 Å². The summed E-state index contributed by atoms with van der Waals surface area (Å²) in [7, 11) is 2.18. The van der Waals surface area contributed by atoms with E-state index in [-0.39, 0.29) is 0 Å². The maximum atomic E-state index is 5.65. The van der Waals surface area contributed by atoms with Gasteiger partial charge in [0.15, 0.2) is 0 Å². The summed E-state index contributed by atoms with van der Waals surface area (Å²) in [6, 6.07) is 0. The van der Waals surface area contributed by atoms with E-state index < -0.39 is 0 Å². The van der Waals surface area contributed by atoms with Crippen molar-refractivity contribution in [1.82, 2.24) is 4.90 Å². The van der Waals surface area contributed by atoms with Gasteiger partial charge in [0.2, 0.25) is 0 Å². The quantitative estimate of drug-likeness (QED) is 0.679. The fraction of sp³-hybridized carbons (Fsp3) is 1.00. The van der Waals surface area contributed by atoms with Gasteiger partial charge in [-0.1, -0.05) is 53.9 Å². The van der Waals surface area contributed by atoms with Crippen molar-refractivity contribution in [1.29, 1.82) is 0 Å². The number of likely N-dealkylation sites (N-methyl/N-ethyl adjacent to an activating group) is 1. The SMILES string of the molecule is CC.CC.CCCCCC1CN(C)CCO1. The van der Waals surface area contributed by atoms with Gasteiger partial charge in [-0.05, 0) is 13.5 Å². The second-order valence-electron chi connectivity index (χ2n) is 3.75. The van der Waals surface area contributed by atoms with Crippen LogP contribution in [0.5, 0.6) is 0 Å². The zero-order valence-corrected chi connectivity index (χ0v) is 12.4. The Bertz CT molecular complexity index is 117. The number of hydrogen-bond acceptors (Lipinski definition) is 2. The van der Waals surface area contributed by atoms with Crippen molar-refractivity contribution in [3.63, 3.8) is 0 Å². The van der Waals surface area contributed by atoms with E-state index >= 15 is 0 Å². The Kier molecular flexibility index (Phi) is 17.1. The molecule has 0 bridgehead atoms. The molecule has 1 fully saturated rings. The summed E-state index contributed by atoms with van der Waals surface area (Å²) in [6.45, 7) is 13.4.